The van der Waals surface area contributed by atoms with E-state index in [9.17, 15) is 14.4 Å². The minimum absolute atomic E-state index is 0.0953. The van der Waals surface area contributed by atoms with Crippen molar-refractivity contribution >= 4 is 35.7 Å². The highest BCUT2D eigenvalue weighted by molar-refractivity contribution is 8.00. The number of carbonyl (C=O) groups excluding carboxylic acids is 3. The summed E-state index contributed by atoms with van der Waals surface area (Å²) in [5, 5.41) is 6.89. The van der Waals surface area contributed by atoms with Gasteiger partial charge in [-0.05, 0) is 65.6 Å². The van der Waals surface area contributed by atoms with E-state index in [0.29, 0.717) is 23.6 Å². The van der Waals surface area contributed by atoms with Crippen LogP contribution in [0.5, 0.6) is 5.75 Å². The Morgan fingerprint density at radius 2 is 1.63 bits per heavy atom. The molecule has 0 aromatic heterocycles. The predicted molar refractivity (Wildman–Crippen MR) is 169 cm³/mol. The summed E-state index contributed by atoms with van der Waals surface area (Å²) in [6, 6.07) is 33.8. The lowest BCUT2D eigenvalue weighted by Crippen LogP contribution is -2.31. The van der Waals surface area contributed by atoms with Crippen molar-refractivity contribution in [3.63, 3.8) is 0 Å². The highest BCUT2D eigenvalue weighted by Gasteiger charge is 2.32. The highest BCUT2D eigenvalue weighted by atomic mass is 32.2. The van der Waals surface area contributed by atoms with E-state index in [1.807, 2.05) is 84.6 Å². The van der Waals surface area contributed by atoms with Crippen LogP contribution in [-0.4, -0.2) is 41.2 Å². The lowest BCUT2D eigenvalue weighted by molar-refractivity contribution is -0.128. The number of hydrazone groups is 1. The van der Waals surface area contributed by atoms with Crippen LogP contribution in [0.15, 0.2) is 114 Å². The molecule has 0 spiro atoms. The van der Waals surface area contributed by atoms with Crippen LogP contribution in [0.1, 0.15) is 51.0 Å². The molecule has 0 saturated carbocycles. The van der Waals surface area contributed by atoms with Gasteiger partial charge in [0.1, 0.15) is 11.1 Å². The van der Waals surface area contributed by atoms with Crippen molar-refractivity contribution in [2.24, 2.45) is 5.10 Å². The highest BCUT2D eigenvalue weighted by Crippen LogP contribution is 2.39. The Balaban J connectivity index is 1.08. The minimum Gasteiger partial charge on any atom is -0.484 e. The summed E-state index contributed by atoms with van der Waals surface area (Å²) < 4.78 is 5.60. The van der Waals surface area contributed by atoms with Crippen LogP contribution < -0.4 is 15.5 Å². The number of ether oxygens (including phenoxy) is 1. The number of benzene rings is 4. The zero-order valence-corrected chi connectivity index (χ0v) is 24.5. The molecule has 0 bridgehead atoms. The number of rotatable bonds is 11. The molecule has 2 atom stereocenters. The van der Waals surface area contributed by atoms with Crippen LogP contribution in [0.2, 0.25) is 0 Å². The van der Waals surface area contributed by atoms with Gasteiger partial charge < -0.3 is 15.0 Å². The molecular formula is C34H32N4O4S. The normalized spacial score (nSPS) is 15.3. The lowest BCUT2D eigenvalue weighted by Gasteiger charge is -2.24. The molecule has 4 aromatic rings. The summed E-state index contributed by atoms with van der Waals surface area (Å²) in [5.74, 6) is 0.541. The molecule has 0 unspecified atom stereocenters. The molecule has 9 heteroatoms. The molecule has 1 saturated heterocycles. The third-order valence-corrected chi connectivity index (χ3v) is 8.18. The van der Waals surface area contributed by atoms with Gasteiger partial charge in [-0.15, -0.1) is 11.8 Å². The number of amides is 3. The Kier molecular flexibility index (Phi) is 9.86. The van der Waals surface area contributed by atoms with Gasteiger partial charge in [0.2, 0.25) is 5.91 Å². The van der Waals surface area contributed by atoms with Gasteiger partial charge in [0.15, 0.2) is 6.61 Å². The van der Waals surface area contributed by atoms with Crippen LogP contribution in [0.4, 0.5) is 0 Å². The number of nitrogens with one attached hydrogen (secondary N) is 2. The van der Waals surface area contributed by atoms with Crippen molar-refractivity contribution in [2.45, 2.75) is 24.9 Å². The molecule has 0 radical (unpaired) electrons. The summed E-state index contributed by atoms with van der Waals surface area (Å²) in [7, 11) is 0. The molecule has 8 nitrogen and oxygen atoms in total. The van der Waals surface area contributed by atoms with E-state index < -0.39 is 0 Å². The largest absolute Gasteiger partial charge is 0.484 e. The smallest absolute Gasteiger partial charge is 0.271 e. The Morgan fingerprint density at radius 1 is 0.953 bits per heavy atom. The summed E-state index contributed by atoms with van der Waals surface area (Å²) >= 11 is 1.59. The van der Waals surface area contributed by atoms with Gasteiger partial charge >= 0.3 is 0 Å². The van der Waals surface area contributed by atoms with E-state index in [4.69, 9.17) is 4.74 Å². The van der Waals surface area contributed by atoms with Crippen molar-refractivity contribution in [3.8, 4) is 5.75 Å². The van der Waals surface area contributed by atoms with Crippen LogP contribution >= 0.6 is 11.8 Å². The molecule has 2 N–H and O–H groups in total. The van der Waals surface area contributed by atoms with E-state index in [1.165, 1.54) is 6.21 Å². The molecule has 1 fully saturated rings. The fourth-order valence-corrected chi connectivity index (χ4v) is 5.81. The first kappa shape index (κ1) is 29.6. The Labute approximate surface area is 255 Å². The second-order valence-electron chi connectivity index (χ2n) is 10.0. The molecular weight excluding hydrogens is 560 g/mol. The maximum atomic E-state index is 12.6. The molecule has 5 rings (SSSR count). The van der Waals surface area contributed by atoms with Gasteiger partial charge in [0.25, 0.3) is 11.8 Å². The van der Waals surface area contributed by atoms with Crippen molar-refractivity contribution in [1.29, 1.82) is 0 Å². The molecule has 43 heavy (non-hydrogen) atoms. The molecule has 4 aromatic carbocycles. The standard InChI is InChI=1S/C34H32N4O4S/c1-24(27-10-6-3-7-11-27)36-31(39)22-42-30-18-12-25(13-19-30)20-35-37-33(41)28-14-16-29(17-15-28)34-38(32(40)23-43-34)21-26-8-4-2-5-9-26/h2-20,24,34H,21-23H2,1H3,(H,36,39)(H,37,41)/b35-20-/t24-,34+/m0/s1. The third-order valence-electron chi connectivity index (χ3n) is 6.93. The molecule has 1 heterocycles. The van der Waals surface area contributed by atoms with Crippen LogP contribution in [-0.2, 0) is 16.1 Å². The van der Waals surface area contributed by atoms with Crippen LogP contribution in [0.3, 0.4) is 0 Å². The van der Waals surface area contributed by atoms with E-state index in [2.05, 4.69) is 15.8 Å². The molecule has 3 amide bonds. The van der Waals surface area contributed by atoms with E-state index in [-0.39, 0.29) is 35.7 Å². The summed E-state index contributed by atoms with van der Waals surface area (Å²) in [6.07, 6.45) is 1.53. The first-order chi connectivity index (χ1) is 21.0. The second-order valence-corrected chi connectivity index (χ2v) is 11.1. The van der Waals surface area contributed by atoms with E-state index in [0.717, 1.165) is 22.3 Å². The molecule has 218 valence electrons. The van der Waals surface area contributed by atoms with Crippen molar-refractivity contribution in [3.05, 3.63) is 137 Å². The monoisotopic (exact) mass is 592 g/mol. The Morgan fingerprint density at radius 3 is 2.33 bits per heavy atom. The first-order valence-electron chi connectivity index (χ1n) is 13.9. The maximum Gasteiger partial charge on any atom is 0.271 e. The summed E-state index contributed by atoms with van der Waals surface area (Å²) in [4.78, 5) is 39.3. The number of hydrogen-bond acceptors (Lipinski definition) is 6. The molecule has 0 aliphatic carbocycles. The number of hydrogen-bond donors (Lipinski definition) is 2. The van der Waals surface area contributed by atoms with Gasteiger partial charge in [-0.1, -0.05) is 72.8 Å². The predicted octanol–water partition coefficient (Wildman–Crippen LogP) is 5.48. The Hall–Kier alpha value is -4.89. The summed E-state index contributed by atoms with van der Waals surface area (Å²) in [5.41, 5.74) is 6.84. The molecule has 1 aliphatic heterocycles. The fourth-order valence-electron chi connectivity index (χ4n) is 4.62. The number of carbonyl (C=O) groups is 3. The van der Waals surface area contributed by atoms with Gasteiger partial charge in [0.05, 0.1) is 18.0 Å². The zero-order chi connectivity index (χ0) is 30.0. The van der Waals surface area contributed by atoms with Crippen molar-refractivity contribution in [1.82, 2.24) is 15.6 Å². The van der Waals surface area contributed by atoms with E-state index in [1.54, 1.807) is 48.2 Å². The summed E-state index contributed by atoms with van der Waals surface area (Å²) in [6.45, 7) is 2.37. The lowest BCUT2D eigenvalue weighted by atomic mass is 10.1. The third kappa shape index (κ3) is 8.11. The average molecular weight is 593 g/mol. The van der Waals surface area contributed by atoms with Crippen molar-refractivity contribution < 1.29 is 19.1 Å². The second kappa shape index (κ2) is 14.3. The number of thioether (sulfide) groups is 1. The van der Waals surface area contributed by atoms with Crippen LogP contribution in [0, 0.1) is 0 Å². The number of nitrogens with zero attached hydrogens (tertiary/aromatic N) is 2. The van der Waals surface area contributed by atoms with E-state index >= 15 is 0 Å². The fraction of sp³-hybridized carbons (Fsp3) is 0.176. The van der Waals surface area contributed by atoms with Gasteiger partial charge in [-0.2, -0.15) is 5.10 Å². The van der Waals surface area contributed by atoms with Gasteiger partial charge in [-0.3, -0.25) is 14.4 Å². The topological polar surface area (TPSA) is 100 Å². The van der Waals surface area contributed by atoms with Gasteiger partial charge in [0, 0.05) is 12.1 Å². The average Bonchev–Trinajstić information content (AvgIpc) is 3.40. The first-order valence-corrected chi connectivity index (χ1v) is 15.0. The van der Waals surface area contributed by atoms with Crippen molar-refractivity contribution in [2.75, 3.05) is 12.4 Å². The SMILES string of the molecule is C[C@H](NC(=O)COc1ccc(/C=N\NC(=O)c2ccc([C@H]3SCC(=O)N3Cc3ccccc3)cc2)cc1)c1ccccc1. The minimum atomic E-state index is -0.338. The Bertz CT molecular complexity index is 1560. The van der Waals surface area contributed by atoms with Gasteiger partial charge in [-0.25, -0.2) is 5.43 Å². The molecule has 1 aliphatic rings. The van der Waals surface area contributed by atoms with Crippen LogP contribution in [0.25, 0.3) is 0 Å². The maximum absolute atomic E-state index is 12.6. The quantitative estimate of drug-likeness (QED) is 0.178. The zero-order valence-electron chi connectivity index (χ0n) is 23.7.